The SMILES string of the molecule is CCC1(CC)OC[C@H](CCCCCCCO)O1. The smallest absolute Gasteiger partial charge is 0.168 e. The highest BCUT2D eigenvalue weighted by Gasteiger charge is 2.37. The van der Waals surface area contributed by atoms with Crippen molar-refractivity contribution in [3.63, 3.8) is 0 Å². The van der Waals surface area contributed by atoms with Gasteiger partial charge in [-0.05, 0) is 25.7 Å². The Balaban J connectivity index is 2.06. The van der Waals surface area contributed by atoms with Crippen LogP contribution in [0.1, 0.15) is 65.2 Å². The van der Waals surface area contributed by atoms with Crippen LogP contribution in [0.4, 0.5) is 0 Å². The molecule has 0 bridgehead atoms. The van der Waals surface area contributed by atoms with Gasteiger partial charge in [0.15, 0.2) is 5.79 Å². The highest BCUT2D eigenvalue weighted by atomic mass is 16.7. The topological polar surface area (TPSA) is 38.7 Å². The first-order valence-corrected chi connectivity index (χ1v) is 7.19. The quantitative estimate of drug-likeness (QED) is 0.633. The summed E-state index contributed by atoms with van der Waals surface area (Å²) in [6, 6.07) is 0. The monoisotopic (exact) mass is 244 g/mol. The third-order valence-electron chi connectivity index (χ3n) is 3.68. The van der Waals surface area contributed by atoms with Gasteiger partial charge >= 0.3 is 0 Å². The van der Waals surface area contributed by atoms with Gasteiger partial charge in [-0.1, -0.05) is 39.5 Å². The maximum Gasteiger partial charge on any atom is 0.168 e. The zero-order chi connectivity index (χ0) is 12.6. The first kappa shape index (κ1) is 14.9. The molecule has 102 valence electrons. The minimum Gasteiger partial charge on any atom is -0.396 e. The summed E-state index contributed by atoms with van der Waals surface area (Å²) >= 11 is 0. The van der Waals surface area contributed by atoms with E-state index < -0.39 is 0 Å². The normalized spacial score (nSPS) is 23.1. The Labute approximate surface area is 105 Å². The Morgan fingerprint density at radius 1 is 1.06 bits per heavy atom. The fourth-order valence-corrected chi connectivity index (χ4v) is 2.39. The van der Waals surface area contributed by atoms with Crippen LogP contribution < -0.4 is 0 Å². The van der Waals surface area contributed by atoms with Gasteiger partial charge in [0.05, 0.1) is 12.7 Å². The van der Waals surface area contributed by atoms with E-state index in [1.807, 2.05) is 0 Å². The summed E-state index contributed by atoms with van der Waals surface area (Å²) in [7, 11) is 0. The van der Waals surface area contributed by atoms with Crippen molar-refractivity contribution in [1.82, 2.24) is 0 Å². The molecule has 1 aliphatic rings. The number of hydrogen-bond acceptors (Lipinski definition) is 3. The lowest BCUT2D eigenvalue weighted by Gasteiger charge is -2.24. The van der Waals surface area contributed by atoms with Crippen LogP contribution in [0.25, 0.3) is 0 Å². The molecule has 0 saturated carbocycles. The van der Waals surface area contributed by atoms with Crippen molar-refractivity contribution in [2.75, 3.05) is 13.2 Å². The van der Waals surface area contributed by atoms with Gasteiger partial charge in [-0.2, -0.15) is 0 Å². The summed E-state index contributed by atoms with van der Waals surface area (Å²) in [5.74, 6) is -0.290. The average Bonchev–Trinajstić information content (AvgIpc) is 2.78. The minimum absolute atomic E-state index is 0.290. The van der Waals surface area contributed by atoms with E-state index in [1.165, 1.54) is 19.3 Å². The molecule has 1 heterocycles. The Morgan fingerprint density at radius 2 is 1.71 bits per heavy atom. The molecule has 1 saturated heterocycles. The van der Waals surface area contributed by atoms with Crippen LogP contribution in [0.3, 0.4) is 0 Å². The maximum absolute atomic E-state index is 8.67. The predicted molar refractivity (Wildman–Crippen MR) is 68.9 cm³/mol. The summed E-state index contributed by atoms with van der Waals surface area (Å²) < 4.78 is 11.8. The second-order valence-electron chi connectivity index (χ2n) is 4.95. The van der Waals surface area contributed by atoms with E-state index in [0.29, 0.717) is 12.7 Å². The van der Waals surface area contributed by atoms with Gasteiger partial charge in [-0.3, -0.25) is 0 Å². The van der Waals surface area contributed by atoms with Crippen LogP contribution in [0.5, 0.6) is 0 Å². The van der Waals surface area contributed by atoms with Gasteiger partial charge in [0.25, 0.3) is 0 Å². The van der Waals surface area contributed by atoms with Crippen LogP contribution in [0.2, 0.25) is 0 Å². The van der Waals surface area contributed by atoms with E-state index in [1.54, 1.807) is 0 Å². The maximum atomic E-state index is 8.67. The van der Waals surface area contributed by atoms with Gasteiger partial charge in [0.1, 0.15) is 0 Å². The van der Waals surface area contributed by atoms with Crippen molar-refractivity contribution < 1.29 is 14.6 Å². The third kappa shape index (κ3) is 4.94. The summed E-state index contributed by atoms with van der Waals surface area (Å²) in [5, 5.41) is 8.67. The number of rotatable bonds is 9. The largest absolute Gasteiger partial charge is 0.396 e. The lowest BCUT2D eigenvalue weighted by molar-refractivity contribution is -0.172. The molecular weight excluding hydrogens is 216 g/mol. The molecule has 3 nitrogen and oxygen atoms in total. The molecule has 17 heavy (non-hydrogen) atoms. The molecule has 0 amide bonds. The minimum atomic E-state index is -0.290. The van der Waals surface area contributed by atoms with Crippen LogP contribution in [-0.4, -0.2) is 30.2 Å². The molecule has 0 spiro atoms. The highest BCUT2D eigenvalue weighted by Crippen LogP contribution is 2.32. The fraction of sp³-hybridized carbons (Fsp3) is 1.00. The predicted octanol–water partition coefficient (Wildman–Crippen LogP) is 3.25. The Kier molecular flexibility index (Phi) is 7.09. The standard InChI is InChI=1S/C14H28O3/c1-3-14(4-2)16-12-13(17-14)10-8-6-5-7-9-11-15/h13,15H,3-12H2,1-2H3/t13-/m0/s1. The number of aliphatic hydroxyl groups excluding tert-OH is 1. The van der Waals surface area contributed by atoms with Gasteiger partial charge in [-0.15, -0.1) is 0 Å². The summed E-state index contributed by atoms with van der Waals surface area (Å²) in [6.07, 6.45) is 9.06. The van der Waals surface area contributed by atoms with Crippen LogP contribution in [-0.2, 0) is 9.47 Å². The lowest BCUT2D eigenvalue weighted by atomic mass is 10.1. The van der Waals surface area contributed by atoms with E-state index in [9.17, 15) is 0 Å². The Hall–Kier alpha value is -0.120. The van der Waals surface area contributed by atoms with Gasteiger partial charge < -0.3 is 14.6 Å². The van der Waals surface area contributed by atoms with E-state index >= 15 is 0 Å². The number of unbranched alkanes of at least 4 members (excludes halogenated alkanes) is 4. The number of hydrogen-bond donors (Lipinski definition) is 1. The molecule has 0 aromatic carbocycles. The van der Waals surface area contributed by atoms with Crippen molar-refractivity contribution >= 4 is 0 Å². The summed E-state index contributed by atoms with van der Waals surface area (Å²) in [5.41, 5.74) is 0. The first-order chi connectivity index (χ1) is 8.26. The summed E-state index contributed by atoms with van der Waals surface area (Å²) in [4.78, 5) is 0. The molecule has 3 heteroatoms. The molecule has 1 fully saturated rings. The molecule has 0 unspecified atom stereocenters. The van der Waals surface area contributed by atoms with Crippen molar-refractivity contribution in [2.24, 2.45) is 0 Å². The van der Waals surface area contributed by atoms with E-state index in [2.05, 4.69) is 13.8 Å². The number of aliphatic hydroxyl groups is 1. The highest BCUT2D eigenvalue weighted by molar-refractivity contribution is 4.76. The van der Waals surface area contributed by atoms with Crippen molar-refractivity contribution in [1.29, 1.82) is 0 Å². The second kappa shape index (κ2) is 8.06. The second-order valence-corrected chi connectivity index (χ2v) is 4.95. The van der Waals surface area contributed by atoms with Gasteiger partial charge in [0.2, 0.25) is 0 Å². The molecule has 0 aromatic rings. The lowest BCUT2D eigenvalue weighted by Crippen LogP contribution is -2.28. The average molecular weight is 244 g/mol. The van der Waals surface area contributed by atoms with E-state index in [4.69, 9.17) is 14.6 Å². The van der Waals surface area contributed by atoms with Crippen LogP contribution >= 0.6 is 0 Å². The Bertz CT molecular complexity index is 190. The van der Waals surface area contributed by atoms with E-state index in [0.717, 1.165) is 38.7 Å². The van der Waals surface area contributed by atoms with Crippen molar-refractivity contribution in [3.8, 4) is 0 Å². The molecule has 0 aromatic heterocycles. The van der Waals surface area contributed by atoms with Crippen molar-refractivity contribution in [2.45, 2.75) is 77.1 Å². The molecule has 1 aliphatic heterocycles. The van der Waals surface area contributed by atoms with Crippen LogP contribution in [0, 0.1) is 0 Å². The zero-order valence-corrected chi connectivity index (χ0v) is 11.4. The summed E-state index contributed by atoms with van der Waals surface area (Å²) in [6.45, 7) is 5.34. The van der Waals surface area contributed by atoms with Gasteiger partial charge in [-0.25, -0.2) is 0 Å². The molecule has 1 N–H and O–H groups in total. The van der Waals surface area contributed by atoms with Crippen LogP contribution in [0.15, 0.2) is 0 Å². The molecular formula is C14H28O3. The van der Waals surface area contributed by atoms with Crippen molar-refractivity contribution in [3.05, 3.63) is 0 Å². The molecule has 0 aliphatic carbocycles. The molecule has 1 rings (SSSR count). The fourth-order valence-electron chi connectivity index (χ4n) is 2.39. The molecule has 0 radical (unpaired) electrons. The van der Waals surface area contributed by atoms with Gasteiger partial charge in [0, 0.05) is 6.61 Å². The molecule has 1 atom stereocenters. The first-order valence-electron chi connectivity index (χ1n) is 7.19. The third-order valence-corrected chi connectivity index (χ3v) is 3.68. The number of ether oxygens (including phenoxy) is 2. The Morgan fingerprint density at radius 3 is 2.29 bits per heavy atom. The van der Waals surface area contributed by atoms with E-state index in [-0.39, 0.29) is 5.79 Å². The zero-order valence-electron chi connectivity index (χ0n) is 11.4.